The third kappa shape index (κ3) is 2.74. The van der Waals surface area contributed by atoms with Gasteiger partial charge in [0.2, 0.25) is 12.1 Å². The Morgan fingerprint density at radius 2 is 2.30 bits per heavy atom. The van der Waals surface area contributed by atoms with Gasteiger partial charge in [-0.1, -0.05) is 12.1 Å². The Kier molecular flexibility index (Phi) is 3.65. The van der Waals surface area contributed by atoms with Gasteiger partial charge in [-0.25, -0.2) is 4.79 Å². The van der Waals surface area contributed by atoms with Crippen LogP contribution in [0.5, 0.6) is 0 Å². The molecular weight excluding hydrogens is 264 g/mol. The molecular formula is C12H12N4O4. The van der Waals surface area contributed by atoms with Crippen LogP contribution < -0.4 is 5.32 Å². The Morgan fingerprint density at radius 3 is 2.95 bits per heavy atom. The van der Waals surface area contributed by atoms with Crippen LogP contribution in [-0.4, -0.2) is 25.6 Å². The van der Waals surface area contributed by atoms with Gasteiger partial charge in [-0.2, -0.15) is 0 Å². The van der Waals surface area contributed by atoms with Crippen molar-refractivity contribution in [1.82, 2.24) is 9.55 Å². The lowest BCUT2D eigenvalue weighted by atomic mass is 10.1. The van der Waals surface area contributed by atoms with E-state index in [1.807, 2.05) is 0 Å². The van der Waals surface area contributed by atoms with Gasteiger partial charge in [0, 0.05) is 13.6 Å². The lowest BCUT2D eigenvalue weighted by molar-refractivity contribution is -0.388. The smallest absolute Gasteiger partial charge is 0.406 e. The fourth-order valence-corrected chi connectivity index (χ4v) is 1.76. The van der Waals surface area contributed by atoms with Crippen molar-refractivity contribution in [3.05, 3.63) is 51.8 Å². The molecule has 1 heterocycles. The number of carboxylic acids is 1. The molecule has 0 aliphatic carbocycles. The van der Waals surface area contributed by atoms with E-state index in [1.54, 1.807) is 19.2 Å². The largest absolute Gasteiger partial charge is 0.478 e. The van der Waals surface area contributed by atoms with E-state index in [0.717, 1.165) is 0 Å². The summed E-state index contributed by atoms with van der Waals surface area (Å²) in [5, 5.41) is 22.6. The van der Waals surface area contributed by atoms with E-state index in [1.165, 1.54) is 23.0 Å². The minimum atomic E-state index is -1.02. The zero-order valence-corrected chi connectivity index (χ0v) is 10.6. The van der Waals surface area contributed by atoms with Gasteiger partial charge in [0.15, 0.2) is 0 Å². The van der Waals surface area contributed by atoms with Crippen molar-refractivity contribution in [2.75, 3.05) is 5.32 Å². The zero-order chi connectivity index (χ0) is 14.7. The molecule has 2 aromatic rings. The molecule has 1 aromatic carbocycles. The van der Waals surface area contributed by atoms with Gasteiger partial charge in [0.25, 0.3) is 0 Å². The summed E-state index contributed by atoms with van der Waals surface area (Å²) in [6.45, 7) is 0.265. The van der Waals surface area contributed by atoms with Crippen LogP contribution in [0.25, 0.3) is 0 Å². The molecule has 0 amide bonds. The number of nitrogens with one attached hydrogen (secondary N) is 1. The van der Waals surface area contributed by atoms with E-state index in [-0.39, 0.29) is 23.7 Å². The fourth-order valence-electron chi connectivity index (χ4n) is 1.76. The zero-order valence-electron chi connectivity index (χ0n) is 10.6. The van der Waals surface area contributed by atoms with Crippen LogP contribution in [0.4, 0.5) is 11.6 Å². The van der Waals surface area contributed by atoms with E-state index >= 15 is 0 Å². The molecule has 0 saturated carbocycles. The first kappa shape index (κ1) is 13.5. The lowest BCUT2D eigenvalue weighted by Gasteiger charge is -2.07. The number of aryl methyl sites for hydroxylation is 1. The first-order valence-corrected chi connectivity index (χ1v) is 5.71. The highest BCUT2D eigenvalue weighted by molar-refractivity contribution is 5.87. The molecule has 2 rings (SSSR count). The number of aromatic carboxylic acids is 1. The van der Waals surface area contributed by atoms with Gasteiger partial charge in [0.05, 0.1) is 5.56 Å². The summed E-state index contributed by atoms with van der Waals surface area (Å²) in [6.07, 6.45) is 1.34. The average Bonchev–Trinajstić information content (AvgIpc) is 2.78. The minimum Gasteiger partial charge on any atom is -0.478 e. The molecule has 20 heavy (non-hydrogen) atoms. The van der Waals surface area contributed by atoms with Gasteiger partial charge in [-0.05, 0) is 27.6 Å². The van der Waals surface area contributed by atoms with Gasteiger partial charge >= 0.3 is 11.8 Å². The number of benzene rings is 1. The van der Waals surface area contributed by atoms with Gasteiger partial charge in [-0.15, -0.1) is 0 Å². The summed E-state index contributed by atoms with van der Waals surface area (Å²) in [6, 6.07) is 6.36. The number of nitrogens with zero attached hydrogens (tertiary/aromatic N) is 3. The summed E-state index contributed by atoms with van der Waals surface area (Å²) in [7, 11) is 1.63. The van der Waals surface area contributed by atoms with E-state index in [9.17, 15) is 14.9 Å². The third-order valence-corrected chi connectivity index (χ3v) is 2.72. The summed E-state index contributed by atoms with van der Waals surface area (Å²) < 4.78 is 1.50. The molecule has 0 aliphatic heterocycles. The Balaban J connectivity index is 2.17. The van der Waals surface area contributed by atoms with Crippen LogP contribution in [0.1, 0.15) is 15.9 Å². The predicted octanol–water partition coefficient (Wildman–Crippen LogP) is 1.64. The summed E-state index contributed by atoms with van der Waals surface area (Å²) in [5.41, 5.74) is 0.879. The molecule has 1 aromatic heterocycles. The first-order valence-electron chi connectivity index (χ1n) is 5.71. The van der Waals surface area contributed by atoms with Crippen LogP contribution in [0.3, 0.4) is 0 Å². The van der Waals surface area contributed by atoms with Crippen molar-refractivity contribution in [2.45, 2.75) is 6.54 Å². The van der Waals surface area contributed by atoms with E-state index < -0.39 is 10.9 Å². The van der Waals surface area contributed by atoms with Crippen LogP contribution >= 0.6 is 0 Å². The Labute approximate surface area is 113 Å². The van der Waals surface area contributed by atoms with Crippen molar-refractivity contribution >= 4 is 17.6 Å². The second-order valence-electron chi connectivity index (χ2n) is 4.14. The molecule has 0 unspecified atom stereocenters. The average molecular weight is 276 g/mol. The predicted molar refractivity (Wildman–Crippen MR) is 70.6 cm³/mol. The van der Waals surface area contributed by atoms with Gasteiger partial charge < -0.3 is 20.5 Å². The number of hydrogen-bond acceptors (Lipinski definition) is 5. The normalized spacial score (nSPS) is 10.2. The Bertz CT molecular complexity index is 665. The highest BCUT2D eigenvalue weighted by Crippen LogP contribution is 2.21. The number of aromatic nitrogens is 2. The summed E-state index contributed by atoms with van der Waals surface area (Å²) in [5.74, 6) is -1.00. The number of rotatable bonds is 5. The maximum absolute atomic E-state index is 10.9. The van der Waals surface area contributed by atoms with Crippen molar-refractivity contribution in [3.8, 4) is 0 Å². The minimum absolute atomic E-state index is 0.170. The molecule has 104 valence electrons. The summed E-state index contributed by atoms with van der Waals surface area (Å²) >= 11 is 0. The Hall–Kier alpha value is -2.90. The van der Waals surface area contributed by atoms with Crippen molar-refractivity contribution in [1.29, 1.82) is 0 Å². The molecule has 8 nitrogen and oxygen atoms in total. The number of hydrogen-bond donors (Lipinski definition) is 2. The second kappa shape index (κ2) is 5.39. The van der Waals surface area contributed by atoms with Crippen molar-refractivity contribution < 1.29 is 14.8 Å². The van der Waals surface area contributed by atoms with Crippen LogP contribution in [0.2, 0.25) is 0 Å². The molecule has 0 bridgehead atoms. The molecule has 0 radical (unpaired) electrons. The highest BCUT2D eigenvalue weighted by atomic mass is 16.6. The van der Waals surface area contributed by atoms with Gasteiger partial charge in [0.1, 0.15) is 0 Å². The Morgan fingerprint density at radius 1 is 1.55 bits per heavy atom. The summed E-state index contributed by atoms with van der Waals surface area (Å²) in [4.78, 5) is 24.8. The van der Waals surface area contributed by atoms with E-state index in [0.29, 0.717) is 5.56 Å². The number of carbonyl (C=O) groups is 1. The van der Waals surface area contributed by atoms with Crippen LogP contribution in [0.15, 0.2) is 30.6 Å². The van der Waals surface area contributed by atoms with Crippen molar-refractivity contribution in [2.24, 2.45) is 7.05 Å². The van der Waals surface area contributed by atoms with E-state index in [2.05, 4.69) is 10.3 Å². The molecule has 0 aliphatic rings. The van der Waals surface area contributed by atoms with Gasteiger partial charge in [-0.3, -0.25) is 4.57 Å². The fraction of sp³-hybridized carbons (Fsp3) is 0.167. The topological polar surface area (TPSA) is 110 Å². The van der Waals surface area contributed by atoms with Crippen LogP contribution in [0, 0.1) is 10.1 Å². The number of imidazole rings is 1. The molecule has 2 N–H and O–H groups in total. The monoisotopic (exact) mass is 276 g/mol. The number of carboxylic acid groups (broad SMARTS) is 1. The van der Waals surface area contributed by atoms with Crippen LogP contribution in [-0.2, 0) is 13.6 Å². The second-order valence-corrected chi connectivity index (χ2v) is 4.14. The maximum atomic E-state index is 10.9. The molecule has 0 fully saturated rings. The lowest BCUT2D eigenvalue weighted by Crippen LogP contribution is -2.06. The quantitative estimate of drug-likeness (QED) is 0.634. The maximum Gasteiger partial charge on any atom is 0.406 e. The first-order chi connectivity index (χ1) is 9.49. The number of nitro groups is 1. The van der Waals surface area contributed by atoms with E-state index in [4.69, 9.17) is 5.11 Å². The SMILES string of the molecule is Cn1cnc([N+](=O)[O-])c1NCc1cccc(C(=O)O)c1. The third-order valence-electron chi connectivity index (χ3n) is 2.72. The molecule has 8 heteroatoms. The molecule has 0 atom stereocenters. The standard InChI is InChI=1S/C12H12N4O4/c1-15-7-14-11(16(19)20)10(15)13-6-8-3-2-4-9(5-8)12(17)18/h2-5,7,13H,6H2,1H3,(H,17,18). The highest BCUT2D eigenvalue weighted by Gasteiger charge is 2.19. The molecule has 0 spiro atoms. The van der Waals surface area contributed by atoms with Crippen molar-refractivity contribution in [3.63, 3.8) is 0 Å². The molecule has 0 saturated heterocycles. The number of anilines is 1.